The molecule has 1 nitrogen and oxygen atoms in total. The van der Waals surface area contributed by atoms with Gasteiger partial charge >= 0.3 is 68.9 Å². The molecule has 0 N–H and O–H groups in total. The number of hydrogen-bond donors (Lipinski definition) is 0. The van der Waals surface area contributed by atoms with E-state index in [2.05, 4.69) is 28.2 Å². The number of rotatable bonds is 0. The molecule has 0 spiro atoms. The van der Waals surface area contributed by atoms with Gasteiger partial charge in [0, 0.05) is 0 Å². The number of hydrogen-bond acceptors (Lipinski definition) is 0. The zero-order valence-electron chi connectivity index (χ0n) is 5.45. The Morgan fingerprint density at radius 3 is 0.833 bits per heavy atom. The molecule has 0 amide bonds. The van der Waals surface area contributed by atoms with E-state index >= 15 is 0 Å². The van der Waals surface area contributed by atoms with E-state index in [4.69, 9.17) is 0 Å². The van der Waals surface area contributed by atoms with E-state index in [9.17, 15) is 0 Å². The average Bonchev–Trinajstić information content (AvgIpc) is 0.722. The first-order chi connectivity index (χ1) is 2.00. The van der Waals surface area contributed by atoms with E-state index in [0.29, 0.717) is 0 Å². The maximum Gasteiger partial charge on any atom is 1.00 e. The molecular weight excluding hydrogens is 195 g/mol. The predicted octanol–water partition coefficient (Wildman–Crippen LogP) is -2.67. The molecule has 0 aromatic rings. The van der Waals surface area contributed by atoms with Crippen molar-refractivity contribution in [1.82, 2.24) is 0 Å². The fourth-order valence-corrected chi connectivity index (χ4v) is 0. The van der Waals surface area contributed by atoms with Crippen molar-refractivity contribution in [3.63, 3.8) is 0 Å². The van der Waals surface area contributed by atoms with Crippen molar-refractivity contribution in [2.24, 2.45) is 0 Å². The van der Waals surface area contributed by atoms with Gasteiger partial charge in [-0.1, -0.05) is 0 Å². The maximum atomic E-state index is 2.12. The molecule has 6 heavy (non-hydrogen) atoms. The first kappa shape index (κ1) is 10.9. The zero-order chi connectivity index (χ0) is 4.50. The standard InChI is InChI=1S/C4H12N.Cs/c1-5(2,3)4;/h1-4H3;/q2*+1. The monoisotopic (exact) mass is 207 g/mol. The third-order valence-electron chi connectivity index (χ3n) is 0. The third kappa shape index (κ3) is 37.3. The van der Waals surface area contributed by atoms with Gasteiger partial charge in [-0.3, -0.25) is 0 Å². The number of quaternary nitrogens is 1. The summed E-state index contributed by atoms with van der Waals surface area (Å²) in [4.78, 5) is 0. The van der Waals surface area contributed by atoms with Crippen LogP contribution in [0, 0.1) is 0 Å². The quantitative estimate of drug-likeness (QED) is 0.380. The fraction of sp³-hybridized carbons (Fsp3) is 1.00. The van der Waals surface area contributed by atoms with Crippen LogP contribution in [0.3, 0.4) is 0 Å². The first-order valence-corrected chi connectivity index (χ1v) is 1.79. The summed E-state index contributed by atoms with van der Waals surface area (Å²) in [5, 5.41) is 0. The van der Waals surface area contributed by atoms with E-state index in [-0.39, 0.29) is 68.9 Å². The molecule has 0 aliphatic rings. The SMILES string of the molecule is C[N+](C)(C)C.[Cs+]. The summed E-state index contributed by atoms with van der Waals surface area (Å²) < 4.78 is 1.00. The molecule has 0 aromatic carbocycles. The predicted molar refractivity (Wildman–Crippen MR) is 24.0 cm³/mol. The Bertz CT molecular complexity index is 23.0. The van der Waals surface area contributed by atoms with Gasteiger partial charge in [-0.2, -0.15) is 0 Å². The van der Waals surface area contributed by atoms with Gasteiger partial charge < -0.3 is 4.48 Å². The van der Waals surface area contributed by atoms with Crippen molar-refractivity contribution in [3.05, 3.63) is 0 Å². The molecule has 0 radical (unpaired) electrons. The first-order valence-electron chi connectivity index (χ1n) is 1.79. The van der Waals surface area contributed by atoms with Crippen molar-refractivity contribution in [3.8, 4) is 0 Å². The Hall–Kier alpha value is 2.01. The van der Waals surface area contributed by atoms with Crippen molar-refractivity contribution in [1.29, 1.82) is 0 Å². The van der Waals surface area contributed by atoms with E-state index < -0.39 is 0 Å². The normalized spacial score (nSPS) is 10.0. The molecule has 0 bridgehead atoms. The molecule has 0 atom stereocenters. The van der Waals surface area contributed by atoms with Gasteiger partial charge in [-0.25, -0.2) is 0 Å². The van der Waals surface area contributed by atoms with Crippen LogP contribution in [-0.4, -0.2) is 32.7 Å². The van der Waals surface area contributed by atoms with Crippen LogP contribution in [0.1, 0.15) is 0 Å². The van der Waals surface area contributed by atoms with Crippen LogP contribution in [0.25, 0.3) is 0 Å². The summed E-state index contributed by atoms with van der Waals surface area (Å²) in [7, 11) is 8.50. The van der Waals surface area contributed by atoms with Gasteiger partial charge in [0.15, 0.2) is 0 Å². The largest absolute Gasteiger partial charge is 1.00 e. The summed E-state index contributed by atoms with van der Waals surface area (Å²) in [6.07, 6.45) is 0. The summed E-state index contributed by atoms with van der Waals surface area (Å²) in [6.45, 7) is 0. The molecule has 0 aromatic heterocycles. The van der Waals surface area contributed by atoms with Crippen LogP contribution in [0.4, 0.5) is 0 Å². The molecule has 0 rings (SSSR count). The topological polar surface area (TPSA) is 0 Å². The van der Waals surface area contributed by atoms with Crippen LogP contribution in [0.2, 0.25) is 0 Å². The minimum absolute atomic E-state index is 0. The molecule has 0 saturated heterocycles. The Morgan fingerprint density at radius 1 is 0.833 bits per heavy atom. The van der Waals surface area contributed by atoms with Gasteiger partial charge in [0.25, 0.3) is 0 Å². The molecular formula is C4H12CsN+2. The van der Waals surface area contributed by atoms with Gasteiger partial charge in [0.05, 0.1) is 28.2 Å². The summed E-state index contributed by atoms with van der Waals surface area (Å²) in [5.41, 5.74) is 0. The molecule has 0 saturated carbocycles. The summed E-state index contributed by atoms with van der Waals surface area (Å²) in [5.74, 6) is 0. The van der Waals surface area contributed by atoms with Crippen LogP contribution in [0.5, 0.6) is 0 Å². The van der Waals surface area contributed by atoms with Crippen LogP contribution < -0.4 is 68.9 Å². The second-order valence-corrected chi connectivity index (χ2v) is 2.68. The zero-order valence-corrected chi connectivity index (χ0v) is 11.7. The minimum Gasteiger partial charge on any atom is -0.333 e. The Labute approximate surface area is 99.1 Å². The van der Waals surface area contributed by atoms with Crippen LogP contribution >= 0.6 is 0 Å². The summed E-state index contributed by atoms with van der Waals surface area (Å²) in [6, 6.07) is 0. The van der Waals surface area contributed by atoms with Crippen molar-refractivity contribution in [2.45, 2.75) is 0 Å². The Kier molecular flexibility index (Phi) is 7.17. The maximum absolute atomic E-state index is 2.12. The second-order valence-electron chi connectivity index (χ2n) is 2.68. The second kappa shape index (κ2) is 3.95. The van der Waals surface area contributed by atoms with Crippen molar-refractivity contribution >= 4 is 0 Å². The summed E-state index contributed by atoms with van der Waals surface area (Å²) >= 11 is 0. The Balaban J connectivity index is 0. The molecule has 2 heteroatoms. The van der Waals surface area contributed by atoms with E-state index in [1.807, 2.05) is 0 Å². The van der Waals surface area contributed by atoms with Crippen LogP contribution in [-0.2, 0) is 0 Å². The molecule has 0 heterocycles. The Morgan fingerprint density at radius 2 is 0.833 bits per heavy atom. The van der Waals surface area contributed by atoms with Gasteiger partial charge in [-0.15, -0.1) is 0 Å². The molecule has 32 valence electrons. The fourth-order valence-electron chi connectivity index (χ4n) is 0. The number of nitrogens with zero attached hydrogens (tertiary/aromatic N) is 1. The van der Waals surface area contributed by atoms with Crippen molar-refractivity contribution < 1.29 is 73.4 Å². The van der Waals surface area contributed by atoms with Crippen LogP contribution in [0.15, 0.2) is 0 Å². The van der Waals surface area contributed by atoms with Crippen molar-refractivity contribution in [2.75, 3.05) is 28.2 Å². The molecule has 0 unspecified atom stereocenters. The van der Waals surface area contributed by atoms with Gasteiger partial charge in [0.1, 0.15) is 0 Å². The minimum atomic E-state index is 0. The molecule has 0 aliphatic carbocycles. The van der Waals surface area contributed by atoms with Gasteiger partial charge in [-0.05, 0) is 0 Å². The smallest absolute Gasteiger partial charge is 0.333 e. The van der Waals surface area contributed by atoms with E-state index in [1.54, 1.807) is 0 Å². The molecule has 0 fully saturated rings. The van der Waals surface area contributed by atoms with E-state index in [0.717, 1.165) is 4.48 Å². The third-order valence-corrected chi connectivity index (χ3v) is 0. The van der Waals surface area contributed by atoms with Gasteiger partial charge in [0.2, 0.25) is 0 Å². The average molecular weight is 207 g/mol. The van der Waals surface area contributed by atoms with E-state index in [1.165, 1.54) is 0 Å². The molecule has 0 aliphatic heterocycles.